The van der Waals surface area contributed by atoms with E-state index in [1.54, 1.807) is 17.0 Å². The van der Waals surface area contributed by atoms with Gasteiger partial charge in [0.2, 0.25) is 11.8 Å². The summed E-state index contributed by atoms with van der Waals surface area (Å²) in [6.45, 7) is 2.03. The van der Waals surface area contributed by atoms with Gasteiger partial charge < -0.3 is 9.80 Å². The predicted octanol–water partition coefficient (Wildman–Crippen LogP) is 4.17. The number of hydrogen-bond donors (Lipinski definition) is 0. The Hall–Kier alpha value is -2.33. The molecule has 1 atom stereocenters. The molecule has 2 fully saturated rings. The van der Waals surface area contributed by atoms with E-state index in [1.807, 2.05) is 23.1 Å². The molecule has 4 rings (SSSR count). The lowest BCUT2D eigenvalue weighted by Crippen LogP contribution is -2.42. The molecule has 2 heterocycles. The standard InChI is InChI=1S/C23H25ClN2O2/c24-20-7-4-8-21(15-20)26-16-19(14-22(26)27)23(28)25-11-9-18(10-12-25)13-17-5-2-1-3-6-17/h1-8,15,18-19H,9-14,16H2. The third-order valence-corrected chi connectivity index (χ3v) is 6.12. The fourth-order valence-electron chi connectivity index (χ4n) is 4.33. The van der Waals surface area contributed by atoms with E-state index >= 15 is 0 Å². The van der Waals surface area contributed by atoms with Crippen LogP contribution in [0.15, 0.2) is 54.6 Å². The molecule has 0 radical (unpaired) electrons. The van der Waals surface area contributed by atoms with Crippen molar-refractivity contribution in [2.24, 2.45) is 11.8 Å². The van der Waals surface area contributed by atoms with Gasteiger partial charge in [-0.3, -0.25) is 9.59 Å². The number of amides is 2. The number of hydrogen-bond acceptors (Lipinski definition) is 2. The Morgan fingerprint density at radius 2 is 1.79 bits per heavy atom. The molecule has 0 aliphatic carbocycles. The number of rotatable bonds is 4. The number of anilines is 1. The van der Waals surface area contributed by atoms with Crippen LogP contribution in [0.3, 0.4) is 0 Å². The van der Waals surface area contributed by atoms with Crippen molar-refractivity contribution in [2.45, 2.75) is 25.7 Å². The highest BCUT2D eigenvalue weighted by molar-refractivity contribution is 6.31. The number of carbonyl (C=O) groups is 2. The Labute approximate surface area is 171 Å². The Bertz CT molecular complexity index is 847. The zero-order chi connectivity index (χ0) is 19.5. The Kier molecular flexibility index (Phi) is 5.67. The van der Waals surface area contributed by atoms with Gasteiger partial charge in [-0.2, -0.15) is 0 Å². The van der Waals surface area contributed by atoms with Gasteiger partial charge in [0.1, 0.15) is 0 Å². The Balaban J connectivity index is 1.32. The van der Waals surface area contributed by atoms with Crippen molar-refractivity contribution in [3.63, 3.8) is 0 Å². The molecule has 4 nitrogen and oxygen atoms in total. The molecule has 2 aromatic rings. The van der Waals surface area contributed by atoms with Gasteiger partial charge in [0.15, 0.2) is 0 Å². The van der Waals surface area contributed by atoms with E-state index in [1.165, 1.54) is 5.56 Å². The second-order valence-corrected chi connectivity index (χ2v) is 8.28. The lowest BCUT2D eigenvalue weighted by Gasteiger charge is -2.33. The summed E-state index contributed by atoms with van der Waals surface area (Å²) in [5, 5.41) is 0.598. The highest BCUT2D eigenvalue weighted by Crippen LogP contribution is 2.29. The summed E-state index contributed by atoms with van der Waals surface area (Å²) >= 11 is 6.05. The average molecular weight is 397 g/mol. The summed E-state index contributed by atoms with van der Waals surface area (Å²) < 4.78 is 0. The zero-order valence-corrected chi connectivity index (χ0v) is 16.6. The molecule has 0 spiro atoms. The van der Waals surface area contributed by atoms with Crippen molar-refractivity contribution in [3.05, 3.63) is 65.2 Å². The molecular weight excluding hydrogens is 372 g/mol. The molecule has 2 aliphatic rings. The van der Waals surface area contributed by atoms with Gasteiger partial charge in [-0.1, -0.05) is 48.0 Å². The molecule has 0 N–H and O–H groups in total. The van der Waals surface area contributed by atoms with Crippen molar-refractivity contribution in [1.29, 1.82) is 0 Å². The normalized spacial score (nSPS) is 20.6. The van der Waals surface area contributed by atoms with E-state index < -0.39 is 0 Å². The van der Waals surface area contributed by atoms with Crippen LogP contribution in [-0.2, 0) is 16.0 Å². The summed E-state index contributed by atoms with van der Waals surface area (Å²) in [5.41, 5.74) is 2.14. The first-order valence-electron chi connectivity index (χ1n) is 9.99. The van der Waals surface area contributed by atoms with E-state index in [9.17, 15) is 9.59 Å². The maximum Gasteiger partial charge on any atom is 0.228 e. The second kappa shape index (κ2) is 8.36. The third-order valence-electron chi connectivity index (χ3n) is 5.89. The number of piperidine rings is 1. The minimum atomic E-state index is -0.253. The molecule has 1 unspecified atom stereocenters. The molecule has 2 saturated heterocycles. The average Bonchev–Trinajstić information content (AvgIpc) is 3.10. The molecule has 0 saturated carbocycles. The van der Waals surface area contributed by atoms with Crippen molar-refractivity contribution >= 4 is 29.1 Å². The molecule has 2 aromatic carbocycles. The van der Waals surface area contributed by atoms with Crippen LogP contribution >= 0.6 is 11.6 Å². The van der Waals surface area contributed by atoms with Gasteiger partial charge in [-0.25, -0.2) is 0 Å². The highest BCUT2D eigenvalue weighted by atomic mass is 35.5. The number of benzene rings is 2. The van der Waals surface area contributed by atoms with Crippen molar-refractivity contribution in [2.75, 3.05) is 24.5 Å². The van der Waals surface area contributed by atoms with Crippen LogP contribution in [0.1, 0.15) is 24.8 Å². The van der Waals surface area contributed by atoms with Gasteiger partial charge >= 0.3 is 0 Å². The van der Waals surface area contributed by atoms with Crippen LogP contribution in [0, 0.1) is 11.8 Å². The fraction of sp³-hybridized carbons (Fsp3) is 0.391. The lowest BCUT2D eigenvalue weighted by molar-refractivity contribution is -0.137. The van der Waals surface area contributed by atoms with Crippen LogP contribution in [0.25, 0.3) is 0 Å². The van der Waals surface area contributed by atoms with Crippen LogP contribution in [-0.4, -0.2) is 36.3 Å². The summed E-state index contributed by atoms with van der Waals surface area (Å²) in [7, 11) is 0. The van der Waals surface area contributed by atoms with E-state index in [4.69, 9.17) is 11.6 Å². The summed E-state index contributed by atoms with van der Waals surface area (Å²) in [6, 6.07) is 17.8. The first-order chi connectivity index (χ1) is 13.6. The zero-order valence-electron chi connectivity index (χ0n) is 15.9. The monoisotopic (exact) mass is 396 g/mol. The van der Waals surface area contributed by atoms with Crippen molar-refractivity contribution < 1.29 is 9.59 Å². The Morgan fingerprint density at radius 3 is 2.50 bits per heavy atom. The minimum Gasteiger partial charge on any atom is -0.342 e. The first-order valence-corrected chi connectivity index (χ1v) is 10.4. The van der Waals surface area contributed by atoms with Gasteiger partial charge in [0.05, 0.1) is 5.92 Å². The van der Waals surface area contributed by atoms with Crippen LogP contribution in [0.5, 0.6) is 0 Å². The molecule has 0 bridgehead atoms. The Morgan fingerprint density at radius 1 is 1.04 bits per heavy atom. The first kappa shape index (κ1) is 19.0. The smallest absolute Gasteiger partial charge is 0.228 e. The van der Waals surface area contributed by atoms with Crippen LogP contribution < -0.4 is 4.90 Å². The van der Waals surface area contributed by atoms with Gasteiger partial charge in [0, 0.05) is 36.8 Å². The molecule has 0 aromatic heterocycles. The third kappa shape index (κ3) is 4.22. The number of nitrogens with zero attached hydrogens (tertiary/aromatic N) is 2. The largest absolute Gasteiger partial charge is 0.342 e. The number of carbonyl (C=O) groups excluding carboxylic acids is 2. The quantitative estimate of drug-likeness (QED) is 0.778. The SMILES string of the molecule is O=C(C1CC(=O)N(c2cccc(Cl)c2)C1)N1CCC(Cc2ccccc2)CC1. The highest BCUT2D eigenvalue weighted by Gasteiger charge is 2.38. The summed E-state index contributed by atoms with van der Waals surface area (Å²) in [4.78, 5) is 29.1. The molecule has 2 amide bonds. The van der Waals surface area contributed by atoms with Crippen LogP contribution in [0.2, 0.25) is 5.02 Å². The van der Waals surface area contributed by atoms with E-state index in [0.717, 1.165) is 38.0 Å². The molecule has 146 valence electrons. The lowest BCUT2D eigenvalue weighted by atomic mass is 9.89. The summed E-state index contributed by atoms with van der Waals surface area (Å²) in [6.07, 6.45) is 3.42. The van der Waals surface area contributed by atoms with Gasteiger partial charge in [-0.15, -0.1) is 0 Å². The van der Waals surface area contributed by atoms with E-state index in [2.05, 4.69) is 24.3 Å². The molecule has 28 heavy (non-hydrogen) atoms. The van der Waals surface area contributed by atoms with E-state index in [-0.39, 0.29) is 24.2 Å². The van der Waals surface area contributed by atoms with Crippen LogP contribution in [0.4, 0.5) is 5.69 Å². The fourth-order valence-corrected chi connectivity index (χ4v) is 4.51. The second-order valence-electron chi connectivity index (χ2n) is 7.84. The van der Waals surface area contributed by atoms with E-state index in [0.29, 0.717) is 17.5 Å². The minimum absolute atomic E-state index is 0.000389. The van der Waals surface area contributed by atoms with Gasteiger partial charge in [-0.05, 0) is 48.9 Å². The van der Waals surface area contributed by atoms with Gasteiger partial charge in [0.25, 0.3) is 0 Å². The molecule has 5 heteroatoms. The maximum absolute atomic E-state index is 13.0. The molecule has 2 aliphatic heterocycles. The maximum atomic E-state index is 13.0. The van der Waals surface area contributed by atoms with Crippen molar-refractivity contribution in [3.8, 4) is 0 Å². The topological polar surface area (TPSA) is 40.6 Å². The molecular formula is C23H25ClN2O2. The number of likely N-dealkylation sites (tertiary alicyclic amines) is 1. The predicted molar refractivity (Wildman–Crippen MR) is 111 cm³/mol. The summed E-state index contributed by atoms with van der Waals surface area (Å²) in [5.74, 6) is 0.493. The van der Waals surface area contributed by atoms with Crippen molar-refractivity contribution in [1.82, 2.24) is 4.90 Å². The number of halogens is 1.